The van der Waals surface area contributed by atoms with Crippen LogP contribution in [0.15, 0.2) is 47.4 Å². The normalized spacial score (nSPS) is 17.5. The minimum absolute atomic E-state index is 0.0350. The van der Waals surface area contributed by atoms with Gasteiger partial charge in [0.15, 0.2) is 11.5 Å². The highest BCUT2D eigenvalue weighted by atomic mass is 32.2. The van der Waals surface area contributed by atoms with Gasteiger partial charge in [0.05, 0.1) is 19.1 Å². The number of likely N-dealkylation sites (tertiary alicyclic amines) is 1. The van der Waals surface area contributed by atoms with Crippen molar-refractivity contribution in [1.82, 2.24) is 9.21 Å². The average molecular weight is 503 g/mol. The zero-order valence-corrected chi connectivity index (χ0v) is 23.0. The van der Waals surface area contributed by atoms with Crippen LogP contribution in [0, 0.1) is 0 Å². The minimum atomic E-state index is -3.67. The van der Waals surface area contributed by atoms with E-state index < -0.39 is 10.0 Å². The molecule has 0 aliphatic carbocycles. The molecule has 7 heteroatoms. The molecule has 1 heterocycles. The molecule has 1 atom stereocenters. The van der Waals surface area contributed by atoms with E-state index in [4.69, 9.17) is 9.47 Å². The minimum Gasteiger partial charge on any atom is -0.493 e. The van der Waals surface area contributed by atoms with Gasteiger partial charge in [0.2, 0.25) is 10.0 Å². The van der Waals surface area contributed by atoms with Crippen molar-refractivity contribution in [2.45, 2.75) is 76.3 Å². The van der Waals surface area contributed by atoms with Crippen LogP contribution >= 0.6 is 0 Å². The lowest BCUT2D eigenvalue weighted by Gasteiger charge is -2.34. The fourth-order valence-corrected chi connectivity index (χ4v) is 6.15. The molecule has 1 fully saturated rings. The molecule has 0 radical (unpaired) electrons. The van der Waals surface area contributed by atoms with Crippen LogP contribution in [0.4, 0.5) is 0 Å². The third-order valence-electron chi connectivity index (χ3n) is 6.96. The van der Waals surface area contributed by atoms with E-state index in [2.05, 4.69) is 32.6 Å². The number of sulfonamides is 1. The Hall–Kier alpha value is -2.09. The van der Waals surface area contributed by atoms with E-state index in [-0.39, 0.29) is 12.0 Å². The molecule has 1 aliphatic heterocycles. The van der Waals surface area contributed by atoms with Gasteiger partial charge in [-0.15, -0.1) is 0 Å². The molecule has 2 aromatic carbocycles. The van der Waals surface area contributed by atoms with Crippen molar-refractivity contribution in [3.8, 4) is 11.5 Å². The average Bonchev–Trinajstić information content (AvgIpc) is 2.84. The zero-order chi connectivity index (χ0) is 25.6. The van der Waals surface area contributed by atoms with E-state index in [1.165, 1.54) is 19.3 Å². The summed E-state index contributed by atoms with van der Waals surface area (Å²) in [6, 6.07) is 13.5. The molecular weight excluding hydrogens is 460 g/mol. The zero-order valence-electron chi connectivity index (χ0n) is 22.2. The molecule has 0 bridgehead atoms. The van der Waals surface area contributed by atoms with Crippen LogP contribution in [0.1, 0.15) is 64.5 Å². The van der Waals surface area contributed by atoms with E-state index in [1.807, 2.05) is 30.3 Å². The van der Waals surface area contributed by atoms with Gasteiger partial charge in [-0.3, -0.25) is 0 Å². The highest BCUT2D eigenvalue weighted by molar-refractivity contribution is 7.89. The Morgan fingerprint density at radius 2 is 1.69 bits per heavy atom. The molecule has 1 aliphatic rings. The number of hydrogen-bond donors (Lipinski definition) is 0. The molecule has 1 unspecified atom stereocenters. The highest BCUT2D eigenvalue weighted by Gasteiger charge is 2.26. The van der Waals surface area contributed by atoms with Gasteiger partial charge < -0.3 is 14.4 Å². The van der Waals surface area contributed by atoms with Crippen LogP contribution in [0.5, 0.6) is 11.5 Å². The number of nitrogens with zero attached hydrogens (tertiary/aromatic N) is 2. The van der Waals surface area contributed by atoms with E-state index in [0.29, 0.717) is 29.0 Å². The molecule has 0 spiro atoms. The summed E-state index contributed by atoms with van der Waals surface area (Å²) in [4.78, 5) is 2.82. The summed E-state index contributed by atoms with van der Waals surface area (Å²) in [7, 11) is -0.486. The number of hydrogen-bond acceptors (Lipinski definition) is 5. The van der Waals surface area contributed by atoms with E-state index in [9.17, 15) is 8.42 Å². The summed E-state index contributed by atoms with van der Waals surface area (Å²) >= 11 is 0. The topological polar surface area (TPSA) is 59.1 Å². The lowest BCUT2D eigenvalue weighted by Crippen LogP contribution is -2.40. The first-order valence-electron chi connectivity index (χ1n) is 12.6. The standard InChI is InChI=1S/C28H42N2O4S/c1-22-10-7-8-17-29(22)18-9-19-30(21-23-11-16-26(33-5)27(20-23)34-6)35(31,32)25-14-12-24(13-15-25)28(2,3)4/h11-16,20,22H,7-10,17-19,21H2,1-6H3. The molecular formula is C28H42N2O4S. The molecule has 3 rings (SSSR count). The Balaban J connectivity index is 1.84. The van der Waals surface area contributed by atoms with Crippen molar-refractivity contribution in [1.29, 1.82) is 0 Å². The number of rotatable bonds is 10. The predicted octanol–water partition coefficient (Wildman–Crippen LogP) is 5.46. The Morgan fingerprint density at radius 3 is 2.29 bits per heavy atom. The first kappa shape index (κ1) is 27.5. The van der Waals surface area contributed by atoms with Gasteiger partial charge >= 0.3 is 0 Å². The van der Waals surface area contributed by atoms with E-state index in [0.717, 1.165) is 30.6 Å². The first-order valence-corrected chi connectivity index (χ1v) is 14.1. The van der Waals surface area contributed by atoms with Crippen LogP contribution < -0.4 is 9.47 Å². The number of ether oxygens (including phenoxy) is 2. The molecule has 0 saturated carbocycles. The van der Waals surface area contributed by atoms with Gasteiger partial charge in [0.1, 0.15) is 0 Å². The molecule has 0 aromatic heterocycles. The fourth-order valence-electron chi connectivity index (χ4n) is 4.68. The number of piperidine rings is 1. The Morgan fingerprint density at radius 1 is 1.00 bits per heavy atom. The first-order chi connectivity index (χ1) is 16.6. The Labute approximate surface area is 212 Å². The van der Waals surface area contributed by atoms with Crippen LogP contribution in [-0.4, -0.2) is 57.5 Å². The molecule has 1 saturated heterocycles. The third-order valence-corrected chi connectivity index (χ3v) is 8.82. The second kappa shape index (κ2) is 11.8. The quantitative estimate of drug-likeness (QED) is 0.432. The van der Waals surface area contributed by atoms with Crippen molar-refractivity contribution in [2.24, 2.45) is 0 Å². The largest absolute Gasteiger partial charge is 0.493 e. The maximum atomic E-state index is 13.8. The lowest BCUT2D eigenvalue weighted by atomic mass is 9.87. The van der Waals surface area contributed by atoms with Gasteiger partial charge in [-0.1, -0.05) is 45.4 Å². The van der Waals surface area contributed by atoms with Crippen LogP contribution in [0.2, 0.25) is 0 Å². The summed E-state index contributed by atoms with van der Waals surface area (Å²) in [6.07, 6.45) is 4.50. The van der Waals surface area contributed by atoms with Crippen LogP contribution in [0.3, 0.4) is 0 Å². The fraction of sp³-hybridized carbons (Fsp3) is 0.571. The predicted molar refractivity (Wildman–Crippen MR) is 142 cm³/mol. The van der Waals surface area contributed by atoms with Crippen molar-refractivity contribution in [3.05, 3.63) is 53.6 Å². The molecule has 0 N–H and O–H groups in total. The monoisotopic (exact) mass is 502 g/mol. The second-order valence-corrected chi connectivity index (χ2v) is 12.5. The van der Waals surface area contributed by atoms with E-state index >= 15 is 0 Å². The van der Waals surface area contributed by atoms with Gasteiger partial charge in [-0.05, 0) is 80.1 Å². The van der Waals surface area contributed by atoms with Crippen molar-refractivity contribution in [3.63, 3.8) is 0 Å². The summed E-state index contributed by atoms with van der Waals surface area (Å²) < 4.78 is 40.0. The summed E-state index contributed by atoms with van der Waals surface area (Å²) in [5, 5.41) is 0. The summed E-state index contributed by atoms with van der Waals surface area (Å²) in [5.74, 6) is 1.22. The van der Waals surface area contributed by atoms with Crippen LogP contribution in [-0.2, 0) is 22.0 Å². The number of methoxy groups -OCH3 is 2. The highest BCUT2D eigenvalue weighted by Crippen LogP contribution is 2.30. The van der Waals surface area contributed by atoms with Crippen molar-refractivity contribution < 1.29 is 17.9 Å². The summed E-state index contributed by atoms with van der Waals surface area (Å²) in [6.45, 7) is 11.4. The maximum Gasteiger partial charge on any atom is 0.243 e. The second-order valence-electron chi connectivity index (χ2n) is 10.5. The van der Waals surface area contributed by atoms with Gasteiger partial charge in [-0.25, -0.2) is 8.42 Å². The summed E-state index contributed by atoms with van der Waals surface area (Å²) in [5.41, 5.74) is 1.94. The lowest BCUT2D eigenvalue weighted by molar-refractivity contribution is 0.155. The van der Waals surface area contributed by atoms with Gasteiger partial charge in [0.25, 0.3) is 0 Å². The van der Waals surface area contributed by atoms with Crippen molar-refractivity contribution >= 4 is 10.0 Å². The third kappa shape index (κ3) is 6.99. The maximum absolute atomic E-state index is 13.8. The van der Waals surface area contributed by atoms with Crippen LogP contribution in [0.25, 0.3) is 0 Å². The van der Waals surface area contributed by atoms with Crippen molar-refractivity contribution in [2.75, 3.05) is 33.9 Å². The Kier molecular flexibility index (Phi) is 9.24. The van der Waals surface area contributed by atoms with Gasteiger partial charge in [0, 0.05) is 19.1 Å². The molecule has 6 nitrogen and oxygen atoms in total. The molecule has 35 heavy (non-hydrogen) atoms. The molecule has 0 amide bonds. The molecule has 2 aromatic rings. The van der Waals surface area contributed by atoms with E-state index in [1.54, 1.807) is 30.7 Å². The molecule has 194 valence electrons. The number of benzene rings is 2. The van der Waals surface area contributed by atoms with Gasteiger partial charge in [-0.2, -0.15) is 4.31 Å². The SMILES string of the molecule is COc1ccc(CN(CCCN2CCCCC2C)S(=O)(=O)c2ccc(C(C)(C)C)cc2)cc1OC. The Bertz CT molecular complexity index is 1060. The smallest absolute Gasteiger partial charge is 0.243 e.